The van der Waals surface area contributed by atoms with Crippen molar-refractivity contribution < 1.29 is 21.7 Å². The molecule has 1 aromatic rings. The predicted octanol–water partition coefficient (Wildman–Crippen LogP) is 0.207. The Balaban J connectivity index is 0.00000128. The Morgan fingerprint density at radius 3 is 2.65 bits per heavy atom. The molecule has 0 aliphatic heterocycles. The topological polar surface area (TPSA) is 9.23 Å². The molecule has 0 bridgehead atoms. The predicted molar refractivity (Wildman–Crippen MR) is 67.3 cm³/mol. The normalized spacial score (nSPS) is 15.8. The Hall–Kier alpha value is 0.426. The van der Waals surface area contributed by atoms with Gasteiger partial charge in [-0.2, -0.15) is 30.3 Å². The van der Waals surface area contributed by atoms with Gasteiger partial charge in [0.2, 0.25) is 0 Å². The second-order valence-corrected chi connectivity index (χ2v) is 4.43. The molecule has 2 rings (SSSR count). The van der Waals surface area contributed by atoms with Crippen molar-refractivity contribution in [2.75, 3.05) is 6.61 Å². The summed E-state index contributed by atoms with van der Waals surface area (Å²) in [6, 6.07) is 11.1. The molecule has 3 heteroatoms. The molecule has 17 heavy (non-hydrogen) atoms. The first-order valence-electron chi connectivity index (χ1n) is 5.98. The number of benzene rings is 1. The Labute approximate surface area is 131 Å². The first-order valence-corrected chi connectivity index (χ1v) is 5.98. The van der Waals surface area contributed by atoms with E-state index in [0.29, 0.717) is 0 Å². The number of rotatable bonds is 4. The number of ether oxygens (including phenoxy) is 1. The fraction of sp³-hybridized carbons (Fsp3) is 0.571. The van der Waals surface area contributed by atoms with Crippen molar-refractivity contribution in [1.29, 1.82) is 0 Å². The molecule has 0 N–H and O–H groups in total. The van der Waals surface area contributed by atoms with E-state index >= 15 is 0 Å². The van der Waals surface area contributed by atoms with E-state index in [1.165, 1.54) is 37.7 Å². The summed E-state index contributed by atoms with van der Waals surface area (Å²) in [6.07, 6.45) is 6.94. The van der Waals surface area contributed by atoms with Crippen LogP contribution in [0.1, 0.15) is 37.7 Å². The maximum absolute atomic E-state index is 5.74. The summed E-state index contributed by atoms with van der Waals surface area (Å²) < 4.78 is 5.74. The average molecular weight is 308 g/mol. The van der Waals surface area contributed by atoms with Crippen LogP contribution < -0.4 is 17.0 Å². The fourth-order valence-electron chi connectivity index (χ4n) is 2.22. The molecule has 0 heterocycles. The number of hydrogen-bond acceptors (Lipinski definition) is 1. The smallest absolute Gasteiger partial charge is 1.00 e. The molecule has 0 spiro atoms. The van der Waals surface area contributed by atoms with E-state index in [9.17, 15) is 0 Å². The van der Waals surface area contributed by atoms with Crippen LogP contribution >= 0.6 is 0 Å². The minimum Gasteiger partial charge on any atom is -1.00 e. The van der Waals surface area contributed by atoms with Gasteiger partial charge in [-0.15, -0.1) is 5.56 Å². The van der Waals surface area contributed by atoms with Gasteiger partial charge in [0.15, 0.2) is 0 Å². The van der Waals surface area contributed by atoms with Crippen molar-refractivity contribution in [2.45, 2.75) is 38.7 Å². The van der Waals surface area contributed by atoms with Crippen molar-refractivity contribution in [3.8, 4) is 0 Å². The van der Waals surface area contributed by atoms with Crippen LogP contribution in [0.4, 0.5) is 0 Å². The zero-order chi connectivity index (χ0) is 10.3. The van der Waals surface area contributed by atoms with Gasteiger partial charge in [-0.3, -0.25) is 0 Å². The standard InChI is InChI=1S/C14H19O.BrH.Mg/c1-3-7-13(8-4-1)11-15-12-14-9-5-2-6-10-14;;/h1,3,7-8,14H,2,5-6,9-12H2;1H;/q-1;;+2/p-1. The van der Waals surface area contributed by atoms with Gasteiger partial charge in [0.05, 0.1) is 0 Å². The van der Waals surface area contributed by atoms with Crippen LogP contribution in [0.5, 0.6) is 0 Å². The Kier molecular flexibility index (Phi) is 10.6. The molecule has 0 unspecified atom stereocenters. The van der Waals surface area contributed by atoms with Crippen LogP contribution in [0.25, 0.3) is 0 Å². The van der Waals surface area contributed by atoms with Crippen molar-refractivity contribution >= 4 is 23.1 Å². The van der Waals surface area contributed by atoms with Gasteiger partial charge in [0, 0.05) is 13.2 Å². The van der Waals surface area contributed by atoms with E-state index in [2.05, 4.69) is 12.1 Å². The molecular weight excluding hydrogens is 288 g/mol. The summed E-state index contributed by atoms with van der Waals surface area (Å²) >= 11 is 0. The molecule has 0 amide bonds. The average Bonchev–Trinajstić information content (AvgIpc) is 2.32. The summed E-state index contributed by atoms with van der Waals surface area (Å²) in [5.74, 6) is 0.812. The van der Waals surface area contributed by atoms with Crippen LogP contribution in [0.2, 0.25) is 0 Å². The minimum absolute atomic E-state index is 0. The van der Waals surface area contributed by atoms with Crippen LogP contribution in [0, 0.1) is 12.0 Å². The molecular formula is C14H19BrMgO. The van der Waals surface area contributed by atoms with Gasteiger partial charge >= 0.3 is 23.1 Å². The summed E-state index contributed by atoms with van der Waals surface area (Å²) in [4.78, 5) is 0. The zero-order valence-corrected chi connectivity index (χ0v) is 13.3. The third-order valence-corrected chi connectivity index (χ3v) is 3.12. The monoisotopic (exact) mass is 306 g/mol. The number of hydrogen-bond donors (Lipinski definition) is 0. The van der Waals surface area contributed by atoms with E-state index in [0.717, 1.165) is 19.1 Å². The van der Waals surface area contributed by atoms with E-state index in [1.807, 2.05) is 18.2 Å². The van der Waals surface area contributed by atoms with E-state index in [1.54, 1.807) is 0 Å². The second kappa shape index (κ2) is 10.4. The molecule has 1 nitrogen and oxygen atoms in total. The van der Waals surface area contributed by atoms with Crippen LogP contribution in [0.15, 0.2) is 24.3 Å². The van der Waals surface area contributed by atoms with Gasteiger partial charge in [0.25, 0.3) is 0 Å². The molecule has 1 aliphatic carbocycles. The Bertz CT molecular complexity index is 273. The first-order chi connectivity index (χ1) is 7.45. The van der Waals surface area contributed by atoms with Crippen molar-refractivity contribution in [1.82, 2.24) is 0 Å². The van der Waals surface area contributed by atoms with Crippen LogP contribution in [-0.4, -0.2) is 29.7 Å². The van der Waals surface area contributed by atoms with Gasteiger partial charge in [0.1, 0.15) is 0 Å². The van der Waals surface area contributed by atoms with Gasteiger partial charge in [-0.05, 0) is 18.8 Å². The largest absolute Gasteiger partial charge is 2.00 e. The van der Waals surface area contributed by atoms with Gasteiger partial charge in [-0.25, -0.2) is 0 Å². The SMILES string of the molecule is [Br-].[Mg+2].[c-]1cccc(COCC2CCCCC2)c1. The maximum atomic E-state index is 5.74. The van der Waals surface area contributed by atoms with Crippen molar-refractivity contribution in [3.05, 3.63) is 35.9 Å². The molecule has 1 saturated carbocycles. The van der Waals surface area contributed by atoms with E-state index in [4.69, 9.17) is 4.74 Å². The molecule has 0 aromatic heterocycles. The molecule has 0 saturated heterocycles. The molecule has 1 fully saturated rings. The second-order valence-electron chi connectivity index (χ2n) is 4.43. The molecule has 1 aliphatic rings. The summed E-state index contributed by atoms with van der Waals surface area (Å²) in [7, 11) is 0. The van der Waals surface area contributed by atoms with Crippen LogP contribution in [0.3, 0.4) is 0 Å². The van der Waals surface area contributed by atoms with E-state index < -0.39 is 0 Å². The number of halogens is 1. The summed E-state index contributed by atoms with van der Waals surface area (Å²) in [6.45, 7) is 1.68. The summed E-state index contributed by atoms with van der Waals surface area (Å²) in [5, 5.41) is 0. The molecule has 0 atom stereocenters. The molecule has 0 radical (unpaired) electrons. The Morgan fingerprint density at radius 1 is 1.24 bits per heavy atom. The molecule has 1 aromatic carbocycles. The zero-order valence-electron chi connectivity index (χ0n) is 10.3. The summed E-state index contributed by atoms with van der Waals surface area (Å²) in [5.41, 5.74) is 1.23. The molecule has 90 valence electrons. The third-order valence-electron chi connectivity index (χ3n) is 3.12. The van der Waals surface area contributed by atoms with E-state index in [-0.39, 0.29) is 40.0 Å². The van der Waals surface area contributed by atoms with Gasteiger partial charge in [-0.1, -0.05) is 19.3 Å². The Morgan fingerprint density at radius 2 is 2.00 bits per heavy atom. The maximum Gasteiger partial charge on any atom is 2.00 e. The van der Waals surface area contributed by atoms with Crippen molar-refractivity contribution in [3.63, 3.8) is 0 Å². The minimum atomic E-state index is 0. The van der Waals surface area contributed by atoms with Crippen molar-refractivity contribution in [2.24, 2.45) is 5.92 Å². The quantitative estimate of drug-likeness (QED) is 0.571. The first kappa shape index (κ1) is 17.4. The fourth-order valence-corrected chi connectivity index (χ4v) is 2.22. The third kappa shape index (κ3) is 6.80. The van der Waals surface area contributed by atoms with Crippen LogP contribution in [-0.2, 0) is 11.3 Å². The van der Waals surface area contributed by atoms with Gasteiger partial charge < -0.3 is 21.7 Å².